The predicted octanol–water partition coefficient (Wildman–Crippen LogP) is 1.95. The average Bonchev–Trinajstić information content (AvgIpc) is 3.14. The van der Waals surface area contributed by atoms with Gasteiger partial charge in [0.05, 0.1) is 18.5 Å². The third-order valence-corrected chi connectivity index (χ3v) is 3.77. The maximum atomic E-state index is 12.3. The zero-order chi connectivity index (χ0) is 18.0. The van der Waals surface area contributed by atoms with Crippen LogP contribution in [-0.2, 0) is 14.9 Å². The van der Waals surface area contributed by atoms with E-state index in [0.717, 1.165) is 12.0 Å². The van der Waals surface area contributed by atoms with Crippen molar-refractivity contribution in [1.82, 2.24) is 4.98 Å². The maximum Gasteiger partial charge on any atom is 0.332 e. The van der Waals surface area contributed by atoms with E-state index < -0.39 is 15.9 Å². The smallest absolute Gasteiger partial charge is 0.332 e. The summed E-state index contributed by atoms with van der Waals surface area (Å²) >= 11 is 0. The number of benzene rings is 1. The Labute approximate surface area is 144 Å². The van der Waals surface area contributed by atoms with Gasteiger partial charge in [-0.25, -0.2) is 8.42 Å². The monoisotopic (exact) mass is 364 g/mol. The summed E-state index contributed by atoms with van der Waals surface area (Å²) in [5.41, 5.74) is 0.830. The van der Waals surface area contributed by atoms with E-state index in [1.54, 1.807) is 25.1 Å². The van der Waals surface area contributed by atoms with Crippen LogP contribution in [0.1, 0.15) is 17.4 Å². The van der Waals surface area contributed by atoms with Crippen LogP contribution >= 0.6 is 0 Å². The van der Waals surface area contributed by atoms with Gasteiger partial charge in [-0.05, 0) is 31.2 Å². The van der Waals surface area contributed by atoms with Crippen molar-refractivity contribution in [1.29, 1.82) is 0 Å². The lowest BCUT2D eigenvalue weighted by Crippen LogP contribution is -2.18. The summed E-state index contributed by atoms with van der Waals surface area (Å²) in [7, 11) is -3.40. The molecule has 0 spiro atoms. The lowest BCUT2D eigenvalue weighted by Gasteiger charge is -2.11. The summed E-state index contributed by atoms with van der Waals surface area (Å²) in [5.74, 6) is 0.231. The van der Waals surface area contributed by atoms with Crippen molar-refractivity contribution in [3.8, 4) is 0 Å². The van der Waals surface area contributed by atoms with Crippen LogP contribution in [0.4, 0.5) is 17.4 Å². The van der Waals surface area contributed by atoms with Gasteiger partial charge in [0.25, 0.3) is 5.91 Å². The quantitative estimate of drug-likeness (QED) is 0.833. The molecule has 0 atom stereocenters. The highest BCUT2D eigenvalue weighted by atomic mass is 32.2. The number of hydrogen-bond acceptors (Lipinski definition) is 7. The van der Waals surface area contributed by atoms with Crippen LogP contribution in [0.3, 0.4) is 0 Å². The number of rotatable bonds is 5. The molecule has 2 N–H and O–H groups in total. The van der Waals surface area contributed by atoms with Crippen LogP contribution in [0.25, 0.3) is 0 Å². The van der Waals surface area contributed by atoms with Gasteiger partial charge in [0.15, 0.2) is 5.69 Å². The molecule has 0 bridgehead atoms. The largest absolute Gasteiger partial charge is 0.429 e. The zero-order valence-electron chi connectivity index (χ0n) is 13.5. The Hall–Kier alpha value is -3.01. The number of carbonyl (C=O) groups excluding carboxylic acids is 1. The molecule has 1 aromatic carbocycles. The minimum Gasteiger partial charge on any atom is -0.429 e. The normalized spacial score (nSPS) is 14.0. The van der Waals surface area contributed by atoms with Crippen molar-refractivity contribution in [3.05, 3.63) is 48.1 Å². The highest BCUT2D eigenvalue weighted by molar-refractivity contribution is 7.92. The van der Waals surface area contributed by atoms with Crippen LogP contribution in [0.2, 0.25) is 0 Å². The number of anilines is 3. The van der Waals surface area contributed by atoms with E-state index in [1.165, 1.54) is 17.4 Å². The van der Waals surface area contributed by atoms with E-state index >= 15 is 0 Å². The molecular formula is C15H16N4O5S. The first-order chi connectivity index (χ1) is 11.8. The first-order valence-electron chi connectivity index (χ1n) is 7.27. The molecule has 1 amide bonds. The van der Waals surface area contributed by atoms with Gasteiger partial charge in [-0.2, -0.15) is 10.0 Å². The SMILES string of the molecule is CC1=CCN(c2nc(C(=O)Nc3cccc(NS(C)(=O)=O)c3)co2)O1. The van der Waals surface area contributed by atoms with Crippen LogP contribution in [-0.4, -0.2) is 32.1 Å². The number of nitrogens with one attached hydrogen (secondary N) is 2. The number of sulfonamides is 1. The summed E-state index contributed by atoms with van der Waals surface area (Å²) in [6.45, 7) is 2.28. The summed E-state index contributed by atoms with van der Waals surface area (Å²) in [6, 6.07) is 6.49. The van der Waals surface area contributed by atoms with E-state index in [4.69, 9.17) is 9.25 Å². The van der Waals surface area contributed by atoms with Crippen molar-refractivity contribution in [2.24, 2.45) is 0 Å². The lowest BCUT2D eigenvalue weighted by molar-refractivity contribution is 0.102. The summed E-state index contributed by atoms with van der Waals surface area (Å²) < 4.78 is 30.1. The number of hydrogen-bond donors (Lipinski definition) is 2. The Bertz CT molecular complexity index is 935. The predicted molar refractivity (Wildman–Crippen MR) is 91.6 cm³/mol. The fourth-order valence-electron chi connectivity index (χ4n) is 2.13. The Balaban J connectivity index is 1.68. The second kappa shape index (κ2) is 6.48. The molecule has 1 aliphatic rings. The van der Waals surface area contributed by atoms with Crippen LogP contribution < -0.4 is 15.1 Å². The van der Waals surface area contributed by atoms with Crippen molar-refractivity contribution in [2.75, 3.05) is 27.9 Å². The molecule has 1 aromatic heterocycles. The lowest BCUT2D eigenvalue weighted by atomic mass is 10.3. The number of carbonyl (C=O) groups is 1. The summed E-state index contributed by atoms with van der Waals surface area (Å²) in [4.78, 5) is 21.7. The van der Waals surface area contributed by atoms with E-state index in [2.05, 4.69) is 15.0 Å². The molecule has 2 heterocycles. The van der Waals surface area contributed by atoms with E-state index in [1.807, 2.05) is 6.08 Å². The number of allylic oxidation sites excluding steroid dienone is 1. The highest BCUT2D eigenvalue weighted by Crippen LogP contribution is 2.21. The molecule has 0 unspecified atom stereocenters. The first-order valence-corrected chi connectivity index (χ1v) is 9.16. The number of amides is 1. The van der Waals surface area contributed by atoms with Crippen LogP contribution in [0.15, 0.2) is 46.8 Å². The van der Waals surface area contributed by atoms with Gasteiger partial charge in [0.1, 0.15) is 12.0 Å². The second-order valence-corrected chi connectivity index (χ2v) is 7.14. The van der Waals surface area contributed by atoms with Gasteiger partial charge in [-0.1, -0.05) is 6.07 Å². The standard InChI is InChI=1S/C15H16N4O5S/c1-10-6-7-19(24-10)15-17-13(9-23-15)14(20)16-11-4-3-5-12(8-11)18-25(2,21)22/h3-6,8-9,18H,7H2,1-2H3,(H,16,20). The minimum absolute atomic E-state index is 0.0737. The van der Waals surface area contributed by atoms with Crippen LogP contribution in [0.5, 0.6) is 0 Å². The first kappa shape index (κ1) is 16.8. The molecule has 0 radical (unpaired) electrons. The molecule has 10 heteroatoms. The molecule has 0 saturated heterocycles. The molecule has 3 rings (SSSR count). The fourth-order valence-corrected chi connectivity index (χ4v) is 2.68. The number of aromatic nitrogens is 1. The average molecular weight is 364 g/mol. The van der Waals surface area contributed by atoms with Gasteiger partial charge in [0.2, 0.25) is 10.0 Å². The molecule has 1 aliphatic heterocycles. The fraction of sp³-hybridized carbons (Fsp3) is 0.200. The minimum atomic E-state index is -3.40. The van der Waals surface area contributed by atoms with Gasteiger partial charge >= 0.3 is 6.01 Å². The summed E-state index contributed by atoms with van der Waals surface area (Å²) in [6.07, 6.45) is 4.12. The number of nitrogens with zero attached hydrogens (tertiary/aromatic N) is 2. The van der Waals surface area contributed by atoms with E-state index in [9.17, 15) is 13.2 Å². The zero-order valence-corrected chi connectivity index (χ0v) is 14.3. The van der Waals surface area contributed by atoms with Gasteiger partial charge in [-0.3, -0.25) is 9.52 Å². The Morgan fingerprint density at radius 2 is 2.08 bits per heavy atom. The second-order valence-electron chi connectivity index (χ2n) is 5.39. The van der Waals surface area contributed by atoms with Crippen molar-refractivity contribution in [3.63, 3.8) is 0 Å². The molecule has 0 fully saturated rings. The van der Waals surface area contributed by atoms with Crippen molar-refractivity contribution < 1.29 is 22.5 Å². The Kier molecular flexibility index (Phi) is 4.36. The third kappa shape index (κ3) is 4.29. The van der Waals surface area contributed by atoms with Gasteiger partial charge in [-0.15, -0.1) is 0 Å². The molecule has 0 aliphatic carbocycles. The molecule has 25 heavy (non-hydrogen) atoms. The van der Waals surface area contributed by atoms with Crippen molar-refractivity contribution in [2.45, 2.75) is 6.92 Å². The third-order valence-electron chi connectivity index (χ3n) is 3.16. The highest BCUT2D eigenvalue weighted by Gasteiger charge is 2.21. The number of hydroxylamine groups is 1. The summed E-state index contributed by atoms with van der Waals surface area (Å²) in [5, 5.41) is 4.05. The molecular weight excluding hydrogens is 348 g/mol. The van der Waals surface area contributed by atoms with Gasteiger partial charge < -0.3 is 14.6 Å². The molecule has 9 nitrogen and oxygen atoms in total. The van der Waals surface area contributed by atoms with Crippen molar-refractivity contribution >= 4 is 33.3 Å². The molecule has 0 saturated carbocycles. The van der Waals surface area contributed by atoms with E-state index in [0.29, 0.717) is 17.9 Å². The van der Waals surface area contributed by atoms with E-state index in [-0.39, 0.29) is 11.7 Å². The molecule has 2 aromatic rings. The van der Waals surface area contributed by atoms with Gasteiger partial charge in [0, 0.05) is 5.69 Å². The molecule has 132 valence electrons. The Morgan fingerprint density at radius 3 is 2.76 bits per heavy atom. The van der Waals surface area contributed by atoms with Crippen LogP contribution in [0, 0.1) is 0 Å². The topological polar surface area (TPSA) is 114 Å². The Morgan fingerprint density at radius 1 is 1.32 bits per heavy atom. The maximum absolute atomic E-state index is 12.3. The number of oxazole rings is 1.